The maximum absolute atomic E-state index is 14.2. The van der Waals surface area contributed by atoms with Crippen molar-refractivity contribution in [2.75, 3.05) is 18.1 Å². The van der Waals surface area contributed by atoms with Gasteiger partial charge in [-0.3, -0.25) is 0 Å². The van der Waals surface area contributed by atoms with Crippen LogP contribution in [0.1, 0.15) is 5.56 Å². The van der Waals surface area contributed by atoms with E-state index in [4.69, 9.17) is 10.5 Å². The Labute approximate surface area is 160 Å². The van der Waals surface area contributed by atoms with Crippen molar-refractivity contribution in [1.29, 1.82) is 0 Å². The summed E-state index contributed by atoms with van der Waals surface area (Å²) in [6.07, 6.45) is 4.55. The van der Waals surface area contributed by atoms with E-state index in [0.29, 0.717) is 34.0 Å². The average Bonchev–Trinajstić information content (AvgIpc) is 2.70. The Bertz CT molecular complexity index is 1180. The van der Waals surface area contributed by atoms with Gasteiger partial charge in [0.2, 0.25) is 11.8 Å². The van der Waals surface area contributed by atoms with Crippen molar-refractivity contribution in [3.63, 3.8) is 0 Å². The van der Waals surface area contributed by atoms with Crippen LogP contribution in [0.2, 0.25) is 0 Å². The molecular formula is C20H17FN6O. The summed E-state index contributed by atoms with van der Waals surface area (Å²) in [4.78, 5) is 16.4. The minimum Gasteiger partial charge on any atom is -0.437 e. The van der Waals surface area contributed by atoms with Gasteiger partial charge in [0.15, 0.2) is 0 Å². The van der Waals surface area contributed by atoms with Gasteiger partial charge >= 0.3 is 0 Å². The van der Waals surface area contributed by atoms with Gasteiger partial charge in [0.25, 0.3) is 0 Å². The van der Waals surface area contributed by atoms with Crippen molar-refractivity contribution in [1.82, 2.24) is 19.9 Å². The molecule has 7 nitrogen and oxygen atoms in total. The first-order chi connectivity index (χ1) is 13.6. The highest BCUT2D eigenvalue weighted by molar-refractivity contribution is 5.99. The number of aryl methyl sites for hydroxylation is 1. The van der Waals surface area contributed by atoms with Gasteiger partial charge in [0.1, 0.15) is 17.9 Å². The van der Waals surface area contributed by atoms with Gasteiger partial charge in [-0.2, -0.15) is 0 Å². The molecule has 2 heterocycles. The lowest BCUT2D eigenvalue weighted by Crippen LogP contribution is -2.00. The lowest BCUT2D eigenvalue weighted by atomic mass is 10.0. The highest BCUT2D eigenvalue weighted by Gasteiger charge is 2.16. The van der Waals surface area contributed by atoms with Crippen LogP contribution >= 0.6 is 0 Å². The summed E-state index contributed by atoms with van der Waals surface area (Å²) >= 11 is 0. The third kappa shape index (κ3) is 3.05. The van der Waals surface area contributed by atoms with Gasteiger partial charge in [-0.1, -0.05) is 12.1 Å². The van der Waals surface area contributed by atoms with Gasteiger partial charge in [0.05, 0.1) is 16.9 Å². The van der Waals surface area contributed by atoms with Crippen molar-refractivity contribution < 1.29 is 9.13 Å². The topological polar surface area (TPSA) is 98.8 Å². The van der Waals surface area contributed by atoms with Crippen molar-refractivity contribution in [2.45, 2.75) is 6.92 Å². The Morgan fingerprint density at radius 2 is 1.89 bits per heavy atom. The summed E-state index contributed by atoms with van der Waals surface area (Å²) in [6.45, 7) is 1.92. The summed E-state index contributed by atoms with van der Waals surface area (Å²) in [7, 11) is 1.68. The fourth-order valence-corrected chi connectivity index (χ4v) is 3.05. The van der Waals surface area contributed by atoms with E-state index in [-0.39, 0.29) is 11.8 Å². The van der Waals surface area contributed by atoms with Crippen molar-refractivity contribution >= 4 is 22.4 Å². The van der Waals surface area contributed by atoms with Crippen LogP contribution in [0.3, 0.4) is 0 Å². The molecule has 0 saturated heterocycles. The predicted molar refractivity (Wildman–Crippen MR) is 106 cm³/mol. The zero-order valence-electron chi connectivity index (χ0n) is 15.3. The molecule has 0 amide bonds. The van der Waals surface area contributed by atoms with Crippen LogP contribution in [0.4, 0.5) is 16.0 Å². The number of fused-ring (bicyclic) bond motifs is 1. The van der Waals surface area contributed by atoms with Crippen LogP contribution in [-0.2, 0) is 0 Å². The molecule has 2 aromatic carbocycles. The second kappa shape index (κ2) is 7.07. The van der Waals surface area contributed by atoms with Crippen LogP contribution in [0.15, 0.2) is 49.1 Å². The number of benzene rings is 2. The van der Waals surface area contributed by atoms with E-state index in [0.717, 1.165) is 10.9 Å². The van der Waals surface area contributed by atoms with E-state index in [9.17, 15) is 4.39 Å². The van der Waals surface area contributed by atoms with Gasteiger partial charge in [-0.25, -0.2) is 24.3 Å². The molecule has 8 heteroatoms. The lowest BCUT2D eigenvalue weighted by molar-refractivity contribution is 0.465. The van der Waals surface area contributed by atoms with Gasteiger partial charge in [0, 0.05) is 30.2 Å². The third-order valence-electron chi connectivity index (χ3n) is 4.37. The zero-order chi connectivity index (χ0) is 19.7. The summed E-state index contributed by atoms with van der Waals surface area (Å²) in [6, 6.07) is 8.54. The van der Waals surface area contributed by atoms with E-state index in [1.165, 1.54) is 12.4 Å². The second-order valence-corrected chi connectivity index (χ2v) is 6.12. The molecule has 0 fully saturated rings. The molecule has 0 atom stereocenters. The Morgan fingerprint density at radius 1 is 1.07 bits per heavy atom. The molecule has 0 spiro atoms. The fraction of sp³-hybridized carbons (Fsp3) is 0.100. The number of aromatic nitrogens is 4. The molecule has 28 heavy (non-hydrogen) atoms. The number of nitrogens with zero attached hydrogens (tertiary/aromatic N) is 4. The normalized spacial score (nSPS) is 10.8. The predicted octanol–water partition coefficient (Wildman–Crippen LogP) is 3.95. The number of halogens is 1. The molecule has 0 aliphatic carbocycles. The second-order valence-electron chi connectivity index (χ2n) is 6.12. The van der Waals surface area contributed by atoms with E-state index in [1.807, 2.05) is 19.1 Å². The molecule has 4 aromatic rings. The number of anilines is 2. The third-order valence-corrected chi connectivity index (χ3v) is 4.37. The largest absolute Gasteiger partial charge is 0.437 e. The lowest BCUT2D eigenvalue weighted by Gasteiger charge is -2.15. The van der Waals surface area contributed by atoms with Gasteiger partial charge in [-0.15, -0.1) is 0 Å². The first kappa shape index (κ1) is 17.6. The van der Waals surface area contributed by atoms with Crippen molar-refractivity contribution in [2.24, 2.45) is 0 Å². The molecule has 140 valence electrons. The quantitative estimate of drug-likeness (QED) is 0.556. The molecule has 0 aliphatic heterocycles. The first-order valence-corrected chi connectivity index (χ1v) is 8.55. The standard InChI is InChI=1S/C20H17FN6O/c1-11-3-4-12-13(5-6-15(21)17(12)23-2)18(11)28-19-14(9-24-10-26-19)16-7-8-25-20(22)27-16/h3-10,23H,1-2H3,(H2,22,25,27). The molecule has 0 unspecified atom stereocenters. The van der Waals surface area contributed by atoms with Crippen LogP contribution in [0, 0.1) is 12.7 Å². The summed E-state index contributed by atoms with van der Waals surface area (Å²) in [5.74, 6) is 0.710. The number of hydrogen-bond acceptors (Lipinski definition) is 7. The summed E-state index contributed by atoms with van der Waals surface area (Å²) in [5.41, 5.74) is 8.11. The van der Waals surface area contributed by atoms with Gasteiger partial charge in [-0.05, 0) is 30.7 Å². The Morgan fingerprint density at radius 3 is 2.68 bits per heavy atom. The minimum absolute atomic E-state index is 0.141. The van der Waals surface area contributed by atoms with E-state index < -0.39 is 0 Å². The zero-order valence-corrected chi connectivity index (χ0v) is 15.3. The Kier molecular flexibility index (Phi) is 4.44. The maximum Gasteiger partial charge on any atom is 0.231 e. The first-order valence-electron chi connectivity index (χ1n) is 8.55. The number of rotatable bonds is 4. The van der Waals surface area contributed by atoms with Crippen LogP contribution in [0.25, 0.3) is 22.0 Å². The fourth-order valence-electron chi connectivity index (χ4n) is 3.05. The number of nitrogens with two attached hydrogens (primary N) is 1. The molecular weight excluding hydrogens is 359 g/mol. The van der Waals surface area contributed by atoms with Crippen LogP contribution in [-0.4, -0.2) is 27.0 Å². The van der Waals surface area contributed by atoms with E-state index in [1.54, 1.807) is 31.6 Å². The van der Waals surface area contributed by atoms with Crippen LogP contribution in [0.5, 0.6) is 11.6 Å². The van der Waals surface area contributed by atoms with E-state index >= 15 is 0 Å². The average molecular weight is 376 g/mol. The molecule has 3 N–H and O–H groups in total. The SMILES string of the molecule is CNc1c(F)ccc2c(Oc3ncncc3-c3ccnc(N)n3)c(C)ccc12. The molecule has 0 radical (unpaired) electrons. The van der Waals surface area contributed by atoms with Crippen LogP contribution < -0.4 is 15.8 Å². The van der Waals surface area contributed by atoms with E-state index in [2.05, 4.69) is 25.3 Å². The number of nitrogens with one attached hydrogen (secondary N) is 1. The minimum atomic E-state index is -0.330. The molecule has 0 aliphatic rings. The maximum atomic E-state index is 14.2. The summed E-state index contributed by atoms with van der Waals surface area (Å²) in [5, 5.41) is 4.38. The van der Waals surface area contributed by atoms with Crippen molar-refractivity contribution in [3.05, 3.63) is 60.4 Å². The molecule has 0 bridgehead atoms. The highest BCUT2D eigenvalue weighted by atomic mass is 19.1. The van der Waals surface area contributed by atoms with Crippen molar-refractivity contribution in [3.8, 4) is 22.9 Å². The smallest absolute Gasteiger partial charge is 0.231 e. The molecule has 4 rings (SSSR count). The summed E-state index contributed by atoms with van der Waals surface area (Å²) < 4.78 is 20.3. The number of hydrogen-bond donors (Lipinski definition) is 2. The monoisotopic (exact) mass is 376 g/mol. The number of nitrogen functional groups attached to an aromatic ring is 1. The van der Waals surface area contributed by atoms with Gasteiger partial charge < -0.3 is 15.8 Å². The molecule has 0 saturated carbocycles. The molecule has 2 aromatic heterocycles. The highest BCUT2D eigenvalue weighted by Crippen LogP contribution is 2.39. The Balaban J connectivity index is 1.87. The Hall–Kier alpha value is -3.81. The number of ether oxygens (including phenoxy) is 1.